The Hall–Kier alpha value is -0.980. The second kappa shape index (κ2) is 4.90. The number of likely N-dealkylation sites (N-methyl/N-ethyl adjacent to an activating group) is 1. The van der Waals surface area contributed by atoms with Crippen molar-refractivity contribution in [1.82, 2.24) is 4.90 Å². The molecule has 1 aliphatic heterocycles. The Morgan fingerprint density at radius 2 is 1.94 bits per heavy atom. The van der Waals surface area contributed by atoms with E-state index in [9.17, 15) is 0 Å². The molecule has 1 fully saturated rings. The van der Waals surface area contributed by atoms with Crippen molar-refractivity contribution in [3.05, 3.63) is 35.7 Å². The van der Waals surface area contributed by atoms with Gasteiger partial charge in [-0.05, 0) is 50.3 Å². The van der Waals surface area contributed by atoms with E-state index >= 15 is 0 Å². The molecular weight excluding hydrogens is 194 g/mol. The standard InChI is InChI=1S/C15H23N/c1-4-16-13(3)10-12(2)11-15(16)14-8-6-5-7-9-14/h10-11,14H,3-9H2,1-2H3. The van der Waals surface area contributed by atoms with E-state index in [1.165, 1.54) is 49.1 Å². The molecule has 0 amide bonds. The molecule has 16 heavy (non-hydrogen) atoms. The second-order valence-corrected chi connectivity index (χ2v) is 5.03. The van der Waals surface area contributed by atoms with Crippen LogP contribution < -0.4 is 0 Å². The van der Waals surface area contributed by atoms with Gasteiger partial charge in [0.05, 0.1) is 0 Å². The van der Waals surface area contributed by atoms with Crippen LogP contribution in [-0.2, 0) is 0 Å². The number of hydrogen-bond acceptors (Lipinski definition) is 1. The van der Waals surface area contributed by atoms with Crippen molar-refractivity contribution in [3.8, 4) is 0 Å². The number of allylic oxidation sites excluding steroid dienone is 4. The first-order chi connectivity index (χ1) is 7.72. The van der Waals surface area contributed by atoms with Gasteiger partial charge in [-0.25, -0.2) is 0 Å². The maximum Gasteiger partial charge on any atom is 0.0337 e. The van der Waals surface area contributed by atoms with Gasteiger partial charge in [0, 0.05) is 17.9 Å². The van der Waals surface area contributed by atoms with Crippen LogP contribution in [-0.4, -0.2) is 11.4 Å². The molecule has 1 aliphatic carbocycles. The van der Waals surface area contributed by atoms with Gasteiger partial charge in [-0.1, -0.05) is 25.8 Å². The minimum absolute atomic E-state index is 0.772. The zero-order valence-corrected chi connectivity index (χ0v) is 10.6. The van der Waals surface area contributed by atoms with E-state index in [0.29, 0.717) is 0 Å². The van der Waals surface area contributed by atoms with Crippen LogP contribution in [0.3, 0.4) is 0 Å². The Kier molecular flexibility index (Phi) is 3.52. The van der Waals surface area contributed by atoms with Gasteiger partial charge in [0.25, 0.3) is 0 Å². The summed E-state index contributed by atoms with van der Waals surface area (Å²) in [6.45, 7) is 9.62. The van der Waals surface area contributed by atoms with Crippen LogP contribution in [0.25, 0.3) is 0 Å². The third-order valence-corrected chi connectivity index (χ3v) is 3.77. The molecule has 0 aromatic rings. The summed E-state index contributed by atoms with van der Waals surface area (Å²) >= 11 is 0. The molecule has 0 aromatic heterocycles. The zero-order valence-electron chi connectivity index (χ0n) is 10.6. The number of rotatable bonds is 2. The molecular formula is C15H23N. The monoisotopic (exact) mass is 217 g/mol. The van der Waals surface area contributed by atoms with Crippen molar-refractivity contribution in [2.45, 2.75) is 46.0 Å². The third-order valence-electron chi connectivity index (χ3n) is 3.77. The molecule has 2 rings (SSSR count). The first kappa shape index (κ1) is 11.5. The quantitative estimate of drug-likeness (QED) is 0.668. The van der Waals surface area contributed by atoms with Crippen molar-refractivity contribution in [1.29, 1.82) is 0 Å². The molecule has 0 radical (unpaired) electrons. The molecule has 0 bridgehead atoms. The maximum absolute atomic E-state index is 4.17. The average molecular weight is 217 g/mol. The van der Waals surface area contributed by atoms with Crippen molar-refractivity contribution < 1.29 is 0 Å². The van der Waals surface area contributed by atoms with Crippen molar-refractivity contribution in [2.24, 2.45) is 5.92 Å². The Morgan fingerprint density at radius 1 is 1.25 bits per heavy atom. The normalized spacial score (nSPS) is 23.1. The predicted molar refractivity (Wildman–Crippen MR) is 69.9 cm³/mol. The van der Waals surface area contributed by atoms with Gasteiger partial charge in [0.2, 0.25) is 0 Å². The Balaban J connectivity index is 2.21. The Bertz CT molecular complexity index is 329. The minimum Gasteiger partial charge on any atom is -0.346 e. The first-order valence-corrected chi connectivity index (χ1v) is 6.58. The lowest BCUT2D eigenvalue weighted by molar-refractivity contribution is 0.317. The topological polar surface area (TPSA) is 3.24 Å². The van der Waals surface area contributed by atoms with E-state index in [4.69, 9.17) is 0 Å². The summed E-state index contributed by atoms with van der Waals surface area (Å²) in [5.41, 5.74) is 4.05. The highest BCUT2D eigenvalue weighted by Gasteiger charge is 2.24. The van der Waals surface area contributed by atoms with Gasteiger partial charge >= 0.3 is 0 Å². The zero-order chi connectivity index (χ0) is 11.5. The number of hydrogen-bond donors (Lipinski definition) is 0. The Morgan fingerprint density at radius 3 is 2.56 bits per heavy atom. The molecule has 0 spiro atoms. The van der Waals surface area contributed by atoms with E-state index in [-0.39, 0.29) is 0 Å². The number of nitrogens with zero attached hydrogens (tertiary/aromatic N) is 1. The van der Waals surface area contributed by atoms with Crippen LogP contribution in [0, 0.1) is 5.92 Å². The fourth-order valence-electron chi connectivity index (χ4n) is 2.98. The lowest BCUT2D eigenvalue weighted by atomic mass is 9.84. The molecule has 88 valence electrons. The summed E-state index contributed by atoms with van der Waals surface area (Å²) in [5.74, 6) is 0.772. The van der Waals surface area contributed by atoms with Crippen LogP contribution in [0.4, 0.5) is 0 Å². The molecule has 1 nitrogen and oxygen atoms in total. The fourth-order valence-corrected chi connectivity index (χ4v) is 2.98. The first-order valence-electron chi connectivity index (χ1n) is 6.58. The van der Waals surface area contributed by atoms with Crippen molar-refractivity contribution >= 4 is 0 Å². The van der Waals surface area contributed by atoms with Gasteiger partial charge in [-0.15, -0.1) is 0 Å². The van der Waals surface area contributed by atoms with Crippen LogP contribution >= 0.6 is 0 Å². The highest BCUT2D eigenvalue weighted by Crippen LogP contribution is 2.35. The summed E-state index contributed by atoms with van der Waals surface area (Å²) in [5, 5.41) is 0. The maximum atomic E-state index is 4.17. The predicted octanol–water partition coefficient (Wildman–Crippen LogP) is 4.25. The van der Waals surface area contributed by atoms with Crippen LogP contribution in [0.5, 0.6) is 0 Å². The molecule has 2 aliphatic rings. The van der Waals surface area contributed by atoms with Gasteiger partial charge < -0.3 is 4.90 Å². The smallest absolute Gasteiger partial charge is 0.0337 e. The summed E-state index contributed by atoms with van der Waals surface area (Å²) in [4.78, 5) is 2.39. The highest BCUT2D eigenvalue weighted by atomic mass is 15.1. The van der Waals surface area contributed by atoms with Gasteiger partial charge in [-0.3, -0.25) is 0 Å². The van der Waals surface area contributed by atoms with E-state index in [1.807, 2.05) is 0 Å². The average Bonchev–Trinajstić information content (AvgIpc) is 2.29. The van der Waals surface area contributed by atoms with Crippen LogP contribution in [0.2, 0.25) is 0 Å². The summed E-state index contributed by atoms with van der Waals surface area (Å²) in [7, 11) is 0. The van der Waals surface area contributed by atoms with Crippen LogP contribution in [0.15, 0.2) is 35.7 Å². The lowest BCUT2D eigenvalue weighted by Crippen LogP contribution is -2.29. The third kappa shape index (κ3) is 2.23. The van der Waals surface area contributed by atoms with Gasteiger partial charge in [0.15, 0.2) is 0 Å². The van der Waals surface area contributed by atoms with E-state index in [1.54, 1.807) is 0 Å². The van der Waals surface area contributed by atoms with E-state index in [0.717, 1.165) is 12.5 Å². The van der Waals surface area contributed by atoms with Crippen molar-refractivity contribution in [3.63, 3.8) is 0 Å². The molecule has 0 saturated heterocycles. The summed E-state index contributed by atoms with van der Waals surface area (Å²) < 4.78 is 0. The summed E-state index contributed by atoms with van der Waals surface area (Å²) in [6.07, 6.45) is 11.5. The largest absolute Gasteiger partial charge is 0.346 e. The van der Waals surface area contributed by atoms with Gasteiger partial charge in [-0.2, -0.15) is 0 Å². The van der Waals surface area contributed by atoms with E-state index in [2.05, 4.69) is 37.5 Å². The van der Waals surface area contributed by atoms with Crippen molar-refractivity contribution in [2.75, 3.05) is 6.54 Å². The van der Waals surface area contributed by atoms with E-state index < -0.39 is 0 Å². The lowest BCUT2D eigenvalue weighted by Gasteiger charge is -2.36. The molecule has 1 heterocycles. The molecule has 1 saturated carbocycles. The Labute approximate surface area is 99.5 Å². The van der Waals surface area contributed by atoms with Crippen LogP contribution in [0.1, 0.15) is 46.0 Å². The molecule has 0 atom stereocenters. The molecule has 0 unspecified atom stereocenters. The second-order valence-electron chi connectivity index (χ2n) is 5.03. The molecule has 1 heteroatoms. The fraction of sp³-hybridized carbons (Fsp3) is 0.600. The summed E-state index contributed by atoms with van der Waals surface area (Å²) in [6, 6.07) is 0. The SMILES string of the molecule is C=C1C=C(C)C=C(C2CCCCC2)N1CC. The molecule has 0 N–H and O–H groups in total. The minimum atomic E-state index is 0.772. The van der Waals surface area contributed by atoms with Gasteiger partial charge in [0.1, 0.15) is 0 Å². The molecule has 0 aromatic carbocycles. The highest BCUT2D eigenvalue weighted by molar-refractivity contribution is 5.37.